The molecule has 1 aliphatic carbocycles. The number of carbonyl (C=O) groups is 1. The average Bonchev–Trinajstić information content (AvgIpc) is 2.54. The molecule has 0 radical (unpaired) electrons. The molecule has 1 aliphatic rings. The van der Waals surface area contributed by atoms with Crippen LogP contribution in [0.4, 0.5) is 0 Å². The Balaban J connectivity index is 1.70. The highest BCUT2D eigenvalue weighted by molar-refractivity contribution is 5.76. The lowest BCUT2D eigenvalue weighted by Crippen LogP contribution is -2.39. The van der Waals surface area contributed by atoms with Crippen LogP contribution in [0.25, 0.3) is 0 Å². The highest BCUT2D eigenvalue weighted by atomic mass is 16.5. The molecule has 0 spiro atoms. The third-order valence-corrected chi connectivity index (χ3v) is 4.66. The number of para-hydroxylation sites is 1. The maximum atomic E-state index is 12.1. The number of ether oxygens (including phenoxy) is 1. The third kappa shape index (κ3) is 4.73. The largest absolute Gasteiger partial charge is 0.491 e. The quantitative estimate of drug-likeness (QED) is 0.761. The zero-order chi connectivity index (χ0) is 15.8. The molecule has 0 saturated heterocycles. The number of benzene rings is 1. The molecule has 1 saturated carbocycles. The van der Waals surface area contributed by atoms with Crippen LogP contribution >= 0.6 is 0 Å². The number of nitrogens with two attached hydrogens (primary N) is 1. The summed E-state index contributed by atoms with van der Waals surface area (Å²) < 4.78 is 5.69. The van der Waals surface area contributed by atoms with Gasteiger partial charge >= 0.3 is 0 Å². The Bertz CT molecular complexity index is 482. The highest BCUT2D eigenvalue weighted by Crippen LogP contribution is 2.38. The number of aryl methyl sites for hydroxylation is 1. The molecule has 2 rings (SSSR count). The predicted molar refractivity (Wildman–Crippen MR) is 88.9 cm³/mol. The fraction of sp³-hybridized carbons (Fsp3) is 0.611. The first-order chi connectivity index (χ1) is 10.7. The molecule has 4 nitrogen and oxygen atoms in total. The van der Waals surface area contributed by atoms with Crippen LogP contribution in [0.1, 0.15) is 44.1 Å². The third-order valence-electron chi connectivity index (χ3n) is 4.66. The van der Waals surface area contributed by atoms with Gasteiger partial charge in [0.05, 0.1) is 6.54 Å². The van der Waals surface area contributed by atoms with Crippen molar-refractivity contribution in [1.29, 1.82) is 0 Å². The second-order valence-electron chi connectivity index (χ2n) is 6.41. The van der Waals surface area contributed by atoms with Crippen LogP contribution in [0.2, 0.25) is 0 Å². The standard InChI is InChI=1S/C18H28N2O2/c1-15-7-3-4-8-16(15)22-12-11-20-17(21)13-18(14-19)9-5-2-6-10-18/h3-4,7-8H,2,5-6,9-14,19H2,1H3,(H,20,21). The summed E-state index contributed by atoms with van der Waals surface area (Å²) in [6, 6.07) is 7.90. The predicted octanol–water partition coefficient (Wildman–Crippen LogP) is 2.79. The van der Waals surface area contributed by atoms with Gasteiger partial charge in [0.25, 0.3) is 0 Å². The highest BCUT2D eigenvalue weighted by Gasteiger charge is 2.32. The van der Waals surface area contributed by atoms with E-state index in [1.54, 1.807) is 0 Å². The maximum Gasteiger partial charge on any atom is 0.220 e. The Hall–Kier alpha value is -1.55. The Morgan fingerprint density at radius 2 is 2.00 bits per heavy atom. The lowest BCUT2D eigenvalue weighted by molar-refractivity contribution is -0.124. The zero-order valence-corrected chi connectivity index (χ0v) is 13.6. The number of hydrogen-bond acceptors (Lipinski definition) is 3. The van der Waals surface area contributed by atoms with Crippen molar-refractivity contribution < 1.29 is 9.53 Å². The molecule has 122 valence electrons. The molecular weight excluding hydrogens is 276 g/mol. The molecule has 1 amide bonds. The molecular formula is C18H28N2O2. The van der Waals surface area contributed by atoms with Gasteiger partial charge in [-0.1, -0.05) is 37.5 Å². The summed E-state index contributed by atoms with van der Waals surface area (Å²) in [4.78, 5) is 12.1. The zero-order valence-electron chi connectivity index (χ0n) is 13.6. The van der Waals surface area contributed by atoms with Gasteiger partial charge in [-0.15, -0.1) is 0 Å². The van der Waals surface area contributed by atoms with E-state index in [0.29, 0.717) is 26.1 Å². The fourth-order valence-corrected chi connectivity index (χ4v) is 3.23. The minimum Gasteiger partial charge on any atom is -0.491 e. The minimum absolute atomic E-state index is 0.0270. The van der Waals surface area contributed by atoms with Gasteiger partial charge in [0.1, 0.15) is 12.4 Å². The first kappa shape index (κ1) is 16.8. The summed E-state index contributed by atoms with van der Waals surface area (Å²) in [5.74, 6) is 0.975. The lowest BCUT2D eigenvalue weighted by Gasteiger charge is -2.35. The summed E-state index contributed by atoms with van der Waals surface area (Å²) >= 11 is 0. The van der Waals surface area contributed by atoms with Gasteiger partial charge in [0, 0.05) is 6.42 Å². The number of nitrogens with one attached hydrogen (secondary N) is 1. The van der Waals surface area contributed by atoms with E-state index in [1.165, 1.54) is 19.3 Å². The van der Waals surface area contributed by atoms with Crippen molar-refractivity contribution in [1.82, 2.24) is 5.32 Å². The van der Waals surface area contributed by atoms with Crippen molar-refractivity contribution in [3.8, 4) is 5.75 Å². The summed E-state index contributed by atoms with van der Waals surface area (Å²) in [7, 11) is 0. The van der Waals surface area contributed by atoms with Gasteiger partial charge in [-0.05, 0) is 43.4 Å². The first-order valence-electron chi connectivity index (χ1n) is 8.30. The van der Waals surface area contributed by atoms with Gasteiger partial charge in [-0.2, -0.15) is 0 Å². The summed E-state index contributed by atoms with van der Waals surface area (Å²) in [6.45, 7) is 3.65. The second kappa shape index (κ2) is 8.18. The normalized spacial score (nSPS) is 17.0. The van der Waals surface area contributed by atoms with Crippen LogP contribution in [-0.4, -0.2) is 25.6 Å². The lowest BCUT2D eigenvalue weighted by atomic mass is 9.72. The van der Waals surface area contributed by atoms with E-state index in [0.717, 1.165) is 24.2 Å². The van der Waals surface area contributed by atoms with Crippen LogP contribution in [0.5, 0.6) is 5.75 Å². The first-order valence-corrected chi connectivity index (χ1v) is 8.30. The van der Waals surface area contributed by atoms with E-state index in [2.05, 4.69) is 5.32 Å². The fourth-order valence-electron chi connectivity index (χ4n) is 3.23. The molecule has 0 unspecified atom stereocenters. The summed E-state index contributed by atoms with van der Waals surface area (Å²) in [5.41, 5.74) is 7.07. The molecule has 1 fully saturated rings. The molecule has 0 atom stereocenters. The van der Waals surface area contributed by atoms with Crippen LogP contribution in [0.15, 0.2) is 24.3 Å². The van der Waals surface area contributed by atoms with E-state index in [-0.39, 0.29) is 11.3 Å². The topological polar surface area (TPSA) is 64.3 Å². The van der Waals surface area contributed by atoms with Crippen molar-refractivity contribution >= 4 is 5.91 Å². The van der Waals surface area contributed by atoms with Crippen molar-refractivity contribution in [2.75, 3.05) is 19.7 Å². The number of rotatable bonds is 7. The Labute approximate surface area is 133 Å². The van der Waals surface area contributed by atoms with Gasteiger partial charge in [-0.3, -0.25) is 4.79 Å². The SMILES string of the molecule is Cc1ccccc1OCCNC(=O)CC1(CN)CCCCC1. The average molecular weight is 304 g/mol. The number of hydrogen-bond donors (Lipinski definition) is 2. The van der Waals surface area contributed by atoms with Gasteiger partial charge in [-0.25, -0.2) is 0 Å². The Morgan fingerprint density at radius 1 is 1.27 bits per heavy atom. The van der Waals surface area contributed by atoms with E-state index in [1.807, 2.05) is 31.2 Å². The number of carbonyl (C=O) groups excluding carboxylic acids is 1. The molecule has 0 aliphatic heterocycles. The summed E-state index contributed by atoms with van der Waals surface area (Å²) in [6.07, 6.45) is 6.37. The second-order valence-corrected chi connectivity index (χ2v) is 6.41. The van der Waals surface area contributed by atoms with Crippen molar-refractivity contribution in [2.24, 2.45) is 11.1 Å². The van der Waals surface area contributed by atoms with Gasteiger partial charge < -0.3 is 15.8 Å². The van der Waals surface area contributed by atoms with E-state index in [4.69, 9.17) is 10.5 Å². The molecule has 1 aromatic rings. The van der Waals surface area contributed by atoms with Crippen LogP contribution in [0.3, 0.4) is 0 Å². The molecule has 0 heterocycles. The molecule has 0 aromatic heterocycles. The maximum absolute atomic E-state index is 12.1. The van der Waals surface area contributed by atoms with Crippen molar-refractivity contribution in [2.45, 2.75) is 45.4 Å². The molecule has 1 aromatic carbocycles. The summed E-state index contributed by atoms with van der Waals surface area (Å²) in [5, 5.41) is 2.96. The smallest absolute Gasteiger partial charge is 0.220 e. The van der Waals surface area contributed by atoms with Crippen LogP contribution in [0, 0.1) is 12.3 Å². The van der Waals surface area contributed by atoms with Crippen LogP contribution in [-0.2, 0) is 4.79 Å². The monoisotopic (exact) mass is 304 g/mol. The Morgan fingerprint density at radius 3 is 2.68 bits per heavy atom. The van der Waals surface area contributed by atoms with Gasteiger partial charge in [0.15, 0.2) is 0 Å². The molecule has 22 heavy (non-hydrogen) atoms. The van der Waals surface area contributed by atoms with Crippen molar-refractivity contribution in [3.63, 3.8) is 0 Å². The van der Waals surface area contributed by atoms with Crippen molar-refractivity contribution in [3.05, 3.63) is 29.8 Å². The van der Waals surface area contributed by atoms with E-state index >= 15 is 0 Å². The van der Waals surface area contributed by atoms with E-state index in [9.17, 15) is 4.79 Å². The molecule has 3 N–H and O–H groups in total. The minimum atomic E-state index is 0.0270. The van der Waals surface area contributed by atoms with Gasteiger partial charge in [0.2, 0.25) is 5.91 Å². The molecule has 0 bridgehead atoms. The Kier molecular flexibility index (Phi) is 6.25. The molecule has 4 heteroatoms. The number of amides is 1. The van der Waals surface area contributed by atoms with E-state index < -0.39 is 0 Å². The van der Waals surface area contributed by atoms with Crippen LogP contribution < -0.4 is 15.8 Å².